The van der Waals surface area contributed by atoms with Crippen molar-refractivity contribution in [2.45, 2.75) is 39.7 Å². The van der Waals surface area contributed by atoms with Crippen LogP contribution in [-0.4, -0.2) is 26.7 Å². The van der Waals surface area contributed by atoms with Crippen LogP contribution >= 0.6 is 0 Å². The summed E-state index contributed by atoms with van der Waals surface area (Å²) in [6.45, 7) is 8.22. The van der Waals surface area contributed by atoms with E-state index >= 15 is 0 Å². The quantitative estimate of drug-likeness (QED) is 0.748. The Morgan fingerprint density at radius 3 is 2.15 bits per heavy atom. The highest BCUT2D eigenvalue weighted by atomic mass is 16.5. The number of hydrogen-bond acceptors (Lipinski definition) is 4. The van der Waals surface area contributed by atoms with Gasteiger partial charge in [0.25, 0.3) is 5.91 Å². The molecule has 0 aliphatic carbocycles. The molecular formula is C22H29NO4. The van der Waals surface area contributed by atoms with Gasteiger partial charge in [-0.25, -0.2) is 0 Å². The van der Waals surface area contributed by atoms with E-state index in [2.05, 4.69) is 25.2 Å². The third-order valence-corrected chi connectivity index (χ3v) is 4.51. The maximum Gasteiger partial charge on any atom is 0.258 e. The summed E-state index contributed by atoms with van der Waals surface area (Å²) in [4.78, 5) is 12.3. The van der Waals surface area contributed by atoms with Gasteiger partial charge >= 0.3 is 0 Å². The van der Waals surface area contributed by atoms with E-state index in [4.69, 9.17) is 14.2 Å². The fourth-order valence-corrected chi connectivity index (χ4v) is 2.99. The Balaban J connectivity index is 2.01. The number of carbonyl (C=O) groups is 1. The zero-order valence-electron chi connectivity index (χ0n) is 17.0. The van der Waals surface area contributed by atoms with Crippen molar-refractivity contribution in [3.63, 3.8) is 0 Å². The number of benzene rings is 2. The molecule has 1 N–H and O–H groups in total. The molecule has 0 saturated heterocycles. The minimum Gasteiger partial charge on any atom is -0.497 e. The van der Waals surface area contributed by atoms with Crippen molar-refractivity contribution in [1.82, 2.24) is 5.32 Å². The van der Waals surface area contributed by atoms with Gasteiger partial charge in [0.1, 0.15) is 17.2 Å². The summed E-state index contributed by atoms with van der Waals surface area (Å²) in [7, 11) is 3.29. The Morgan fingerprint density at radius 2 is 1.59 bits per heavy atom. The predicted octanol–water partition coefficient (Wildman–Crippen LogP) is 4.39. The molecule has 5 heteroatoms. The van der Waals surface area contributed by atoms with Gasteiger partial charge in [-0.2, -0.15) is 0 Å². The van der Waals surface area contributed by atoms with Gasteiger partial charge < -0.3 is 19.5 Å². The van der Waals surface area contributed by atoms with Crippen molar-refractivity contribution in [3.8, 4) is 17.2 Å². The second kappa shape index (κ2) is 9.31. The first-order valence-corrected chi connectivity index (χ1v) is 9.10. The van der Waals surface area contributed by atoms with Crippen LogP contribution in [0.3, 0.4) is 0 Å². The molecule has 0 saturated carbocycles. The molecule has 146 valence electrons. The molecule has 0 radical (unpaired) electrons. The number of aryl methyl sites for hydroxylation is 1. The average Bonchev–Trinajstić information content (AvgIpc) is 2.66. The van der Waals surface area contributed by atoms with Crippen LogP contribution in [0.4, 0.5) is 0 Å². The van der Waals surface area contributed by atoms with Crippen molar-refractivity contribution in [2.75, 3.05) is 20.8 Å². The Morgan fingerprint density at radius 1 is 0.963 bits per heavy atom. The van der Waals surface area contributed by atoms with Crippen molar-refractivity contribution in [2.24, 2.45) is 0 Å². The number of hydrogen-bond donors (Lipinski definition) is 1. The van der Waals surface area contributed by atoms with Crippen molar-refractivity contribution < 1.29 is 19.0 Å². The second-order valence-electron chi connectivity index (χ2n) is 6.86. The molecule has 0 spiro atoms. The third-order valence-electron chi connectivity index (χ3n) is 4.51. The predicted molar refractivity (Wildman–Crippen MR) is 107 cm³/mol. The normalized spacial score (nSPS) is 11.8. The van der Waals surface area contributed by atoms with Crippen LogP contribution in [0.2, 0.25) is 0 Å². The van der Waals surface area contributed by atoms with Gasteiger partial charge in [-0.3, -0.25) is 4.79 Å². The number of methoxy groups -OCH3 is 2. The lowest BCUT2D eigenvalue weighted by atomic mass is 9.93. The largest absolute Gasteiger partial charge is 0.497 e. The third kappa shape index (κ3) is 5.39. The van der Waals surface area contributed by atoms with Crippen LogP contribution in [0.1, 0.15) is 49.4 Å². The summed E-state index contributed by atoms with van der Waals surface area (Å²) in [5.41, 5.74) is 3.30. The first-order valence-electron chi connectivity index (χ1n) is 9.10. The molecule has 0 aliphatic heterocycles. The van der Waals surface area contributed by atoms with E-state index in [1.807, 2.05) is 19.9 Å². The minimum atomic E-state index is -0.167. The topological polar surface area (TPSA) is 56.8 Å². The Bertz CT molecular complexity index is 769. The van der Waals surface area contributed by atoms with Gasteiger partial charge in [0.2, 0.25) is 0 Å². The standard InChI is InChI=1S/C22H29NO4/c1-14(2)19-12-20(15(3)11-21(19)26-6)16(4)23-22(24)13-27-18-9-7-17(25-5)8-10-18/h7-12,14,16H,13H2,1-6H3,(H,23,24)/t16-/m0/s1. The number of carbonyl (C=O) groups excluding carboxylic acids is 1. The fourth-order valence-electron chi connectivity index (χ4n) is 2.99. The first-order chi connectivity index (χ1) is 12.8. The first kappa shape index (κ1) is 20.6. The Hall–Kier alpha value is -2.69. The molecule has 2 aromatic rings. The molecule has 2 rings (SSSR count). The van der Waals surface area contributed by atoms with E-state index < -0.39 is 0 Å². The van der Waals surface area contributed by atoms with E-state index in [-0.39, 0.29) is 18.6 Å². The smallest absolute Gasteiger partial charge is 0.258 e. The monoisotopic (exact) mass is 371 g/mol. The number of nitrogens with one attached hydrogen (secondary N) is 1. The Labute approximate surface area is 161 Å². The fraction of sp³-hybridized carbons (Fsp3) is 0.409. The lowest BCUT2D eigenvalue weighted by Crippen LogP contribution is -2.31. The zero-order valence-corrected chi connectivity index (χ0v) is 17.0. The summed E-state index contributed by atoms with van der Waals surface area (Å²) in [6, 6.07) is 11.2. The van der Waals surface area contributed by atoms with Gasteiger partial charge in [0, 0.05) is 0 Å². The molecule has 2 aromatic carbocycles. The van der Waals surface area contributed by atoms with Gasteiger partial charge in [0.15, 0.2) is 6.61 Å². The van der Waals surface area contributed by atoms with E-state index in [9.17, 15) is 4.79 Å². The average molecular weight is 371 g/mol. The van der Waals surface area contributed by atoms with Gasteiger partial charge in [-0.1, -0.05) is 13.8 Å². The van der Waals surface area contributed by atoms with Crippen LogP contribution < -0.4 is 19.5 Å². The SMILES string of the molecule is COc1ccc(OCC(=O)N[C@@H](C)c2cc(C(C)C)c(OC)cc2C)cc1. The van der Waals surface area contributed by atoms with Crippen LogP contribution in [0.5, 0.6) is 17.2 Å². The molecule has 0 bridgehead atoms. The second-order valence-corrected chi connectivity index (χ2v) is 6.86. The summed E-state index contributed by atoms with van der Waals surface area (Å²) < 4.78 is 16.1. The summed E-state index contributed by atoms with van der Waals surface area (Å²) in [6.07, 6.45) is 0. The maximum atomic E-state index is 12.3. The number of amides is 1. The maximum absolute atomic E-state index is 12.3. The van der Waals surface area contributed by atoms with Crippen molar-refractivity contribution in [1.29, 1.82) is 0 Å². The highest BCUT2D eigenvalue weighted by Gasteiger charge is 2.17. The van der Waals surface area contributed by atoms with E-state index in [1.165, 1.54) is 0 Å². The molecule has 1 atom stereocenters. The van der Waals surface area contributed by atoms with Gasteiger partial charge in [-0.15, -0.1) is 0 Å². The highest BCUT2D eigenvalue weighted by molar-refractivity contribution is 5.78. The van der Waals surface area contributed by atoms with Crippen molar-refractivity contribution >= 4 is 5.91 Å². The molecule has 0 aliphatic rings. The summed E-state index contributed by atoms with van der Waals surface area (Å²) in [5, 5.41) is 3.00. The molecule has 0 heterocycles. The van der Waals surface area contributed by atoms with E-state index in [0.717, 1.165) is 28.2 Å². The molecule has 0 aromatic heterocycles. The summed E-state index contributed by atoms with van der Waals surface area (Å²) in [5.74, 6) is 2.42. The minimum absolute atomic E-state index is 0.0388. The number of ether oxygens (including phenoxy) is 3. The van der Waals surface area contributed by atoms with Gasteiger partial charge in [0.05, 0.1) is 20.3 Å². The van der Waals surface area contributed by atoms with E-state index in [1.54, 1.807) is 38.5 Å². The van der Waals surface area contributed by atoms with Crippen LogP contribution in [0.15, 0.2) is 36.4 Å². The van der Waals surface area contributed by atoms with E-state index in [0.29, 0.717) is 11.7 Å². The zero-order chi connectivity index (χ0) is 20.0. The van der Waals surface area contributed by atoms with Crippen LogP contribution in [-0.2, 0) is 4.79 Å². The number of rotatable bonds is 8. The molecular weight excluding hydrogens is 342 g/mol. The molecule has 27 heavy (non-hydrogen) atoms. The van der Waals surface area contributed by atoms with Gasteiger partial charge in [-0.05, 0) is 72.9 Å². The lowest BCUT2D eigenvalue weighted by Gasteiger charge is -2.21. The highest BCUT2D eigenvalue weighted by Crippen LogP contribution is 2.32. The molecule has 5 nitrogen and oxygen atoms in total. The van der Waals surface area contributed by atoms with Crippen LogP contribution in [0.25, 0.3) is 0 Å². The molecule has 0 fully saturated rings. The molecule has 0 unspecified atom stereocenters. The van der Waals surface area contributed by atoms with Crippen molar-refractivity contribution in [3.05, 3.63) is 53.1 Å². The molecule has 1 amide bonds. The summed E-state index contributed by atoms with van der Waals surface area (Å²) >= 11 is 0. The Kier molecular flexibility index (Phi) is 7.11. The van der Waals surface area contributed by atoms with Crippen LogP contribution in [0, 0.1) is 6.92 Å². The lowest BCUT2D eigenvalue weighted by molar-refractivity contribution is -0.123.